The molecule has 3 heterocycles. The molecule has 112 valence electrons. The zero-order chi connectivity index (χ0) is 14.8. The van der Waals surface area contributed by atoms with Crippen LogP contribution in [-0.4, -0.2) is 46.7 Å². The fraction of sp³-hybridized carbons (Fsp3) is 0.467. The number of aromatic nitrogens is 2. The molecule has 2 aromatic rings. The van der Waals surface area contributed by atoms with Crippen LogP contribution in [0.25, 0.3) is 11.5 Å². The van der Waals surface area contributed by atoms with Crippen LogP contribution in [0.1, 0.15) is 30.3 Å². The van der Waals surface area contributed by atoms with Crippen molar-refractivity contribution in [1.82, 2.24) is 20.4 Å². The minimum Gasteiger partial charge on any atom is -0.463 e. The molecule has 3 rings (SSSR count). The highest BCUT2D eigenvalue weighted by atomic mass is 16.3. The van der Waals surface area contributed by atoms with Crippen LogP contribution >= 0.6 is 0 Å². The molecule has 0 unspecified atom stereocenters. The third kappa shape index (κ3) is 2.85. The van der Waals surface area contributed by atoms with Gasteiger partial charge in [0.05, 0.1) is 6.26 Å². The van der Waals surface area contributed by atoms with E-state index in [9.17, 15) is 4.79 Å². The molecule has 6 nitrogen and oxygen atoms in total. The second-order valence-electron chi connectivity index (χ2n) is 5.59. The Balaban J connectivity index is 1.68. The maximum atomic E-state index is 12.3. The lowest BCUT2D eigenvalue weighted by Gasteiger charge is -2.37. The number of hydrogen-bond acceptors (Lipinski definition) is 4. The number of nitrogens with zero attached hydrogens (tertiary/aromatic N) is 2. The van der Waals surface area contributed by atoms with Crippen molar-refractivity contribution in [2.45, 2.75) is 31.8 Å². The number of piperidine rings is 1. The van der Waals surface area contributed by atoms with Gasteiger partial charge in [0.25, 0.3) is 5.91 Å². The van der Waals surface area contributed by atoms with E-state index in [1.807, 2.05) is 6.07 Å². The minimum absolute atomic E-state index is 0.142. The Kier molecular flexibility index (Phi) is 3.79. The second kappa shape index (κ2) is 5.73. The first-order chi connectivity index (χ1) is 10.1. The van der Waals surface area contributed by atoms with Gasteiger partial charge in [-0.2, -0.15) is 5.10 Å². The second-order valence-corrected chi connectivity index (χ2v) is 5.59. The molecule has 2 aromatic heterocycles. The highest BCUT2D eigenvalue weighted by molar-refractivity contribution is 5.93. The number of H-pyrrole nitrogens is 1. The molecular formula is C15H20N4O2. The monoisotopic (exact) mass is 288 g/mol. The smallest absolute Gasteiger partial charge is 0.272 e. The molecule has 1 saturated heterocycles. The zero-order valence-corrected chi connectivity index (χ0v) is 12.3. The van der Waals surface area contributed by atoms with E-state index in [-0.39, 0.29) is 11.9 Å². The first kappa shape index (κ1) is 13.9. The van der Waals surface area contributed by atoms with Crippen LogP contribution in [-0.2, 0) is 0 Å². The van der Waals surface area contributed by atoms with E-state index in [1.54, 1.807) is 18.4 Å². The molecule has 0 saturated carbocycles. The summed E-state index contributed by atoms with van der Waals surface area (Å²) in [4.78, 5) is 14.6. The fourth-order valence-corrected chi connectivity index (χ4v) is 2.74. The summed E-state index contributed by atoms with van der Waals surface area (Å²) < 4.78 is 5.28. The molecule has 0 spiro atoms. The number of furan rings is 1. The number of likely N-dealkylation sites (tertiary alicyclic amines) is 1. The van der Waals surface area contributed by atoms with Crippen LogP contribution < -0.4 is 5.32 Å². The van der Waals surface area contributed by atoms with Gasteiger partial charge in [0, 0.05) is 18.2 Å². The van der Waals surface area contributed by atoms with Crippen molar-refractivity contribution in [3.63, 3.8) is 0 Å². The van der Waals surface area contributed by atoms with Gasteiger partial charge in [0.15, 0.2) is 11.5 Å². The van der Waals surface area contributed by atoms with E-state index in [0.717, 1.165) is 19.4 Å². The molecule has 1 amide bonds. The van der Waals surface area contributed by atoms with E-state index in [0.29, 0.717) is 23.2 Å². The van der Waals surface area contributed by atoms with Crippen LogP contribution in [0.3, 0.4) is 0 Å². The fourth-order valence-electron chi connectivity index (χ4n) is 2.74. The summed E-state index contributed by atoms with van der Waals surface area (Å²) in [6.45, 7) is 3.22. The lowest BCUT2D eigenvalue weighted by Crippen LogP contribution is -2.52. The summed E-state index contributed by atoms with van der Waals surface area (Å²) in [6, 6.07) is 5.85. The Bertz CT molecular complexity index is 605. The van der Waals surface area contributed by atoms with E-state index < -0.39 is 0 Å². The predicted molar refractivity (Wildman–Crippen MR) is 78.9 cm³/mol. The third-order valence-electron chi connectivity index (χ3n) is 4.22. The van der Waals surface area contributed by atoms with Gasteiger partial charge < -0.3 is 14.6 Å². The Morgan fingerprint density at radius 2 is 2.43 bits per heavy atom. The number of likely N-dealkylation sites (N-methyl/N-ethyl adjacent to an activating group) is 1. The predicted octanol–water partition coefficient (Wildman–Crippen LogP) is 1.88. The summed E-state index contributed by atoms with van der Waals surface area (Å²) in [7, 11) is 2.09. The van der Waals surface area contributed by atoms with Gasteiger partial charge in [0.1, 0.15) is 5.69 Å². The molecular weight excluding hydrogens is 268 g/mol. The van der Waals surface area contributed by atoms with Gasteiger partial charge in [0.2, 0.25) is 0 Å². The number of carbonyl (C=O) groups excluding carboxylic acids is 1. The van der Waals surface area contributed by atoms with E-state index in [1.165, 1.54) is 0 Å². The van der Waals surface area contributed by atoms with Crippen molar-refractivity contribution < 1.29 is 9.21 Å². The van der Waals surface area contributed by atoms with Crippen molar-refractivity contribution >= 4 is 5.91 Å². The molecule has 1 fully saturated rings. The average Bonchev–Trinajstić information content (AvgIpc) is 3.13. The lowest BCUT2D eigenvalue weighted by molar-refractivity contribution is 0.0863. The van der Waals surface area contributed by atoms with Crippen LogP contribution in [0.2, 0.25) is 0 Å². The van der Waals surface area contributed by atoms with Crippen LogP contribution in [0, 0.1) is 0 Å². The largest absolute Gasteiger partial charge is 0.463 e. The quantitative estimate of drug-likeness (QED) is 0.904. The van der Waals surface area contributed by atoms with E-state index in [2.05, 4.69) is 34.4 Å². The first-order valence-electron chi connectivity index (χ1n) is 7.25. The Labute approximate surface area is 123 Å². The molecule has 6 heteroatoms. The average molecular weight is 288 g/mol. The van der Waals surface area contributed by atoms with Crippen molar-refractivity contribution in [2.75, 3.05) is 13.6 Å². The number of carbonyl (C=O) groups is 1. The SMILES string of the molecule is C[C@H]1[C@@H](NC(=O)c2cc(-c3ccco3)[nH]n2)CCCN1C. The van der Waals surface area contributed by atoms with Crippen LogP contribution in [0.4, 0.5) is 0 Å². The Hall–Kier alpha value is -2.08. The summed E-state index contributed by atoms with van der Waals surface area (Å²) >= 11 is 0. The molecule has 0 radical (unpaired) electrons. The van der Waals surface area contributed by atoms with Crippen molar-refractivity contribution in [2.24, 2.45) is 0 Å². The highest BCUT2D eigenvalue weighted by Crippen LogP contribution is 2.19. The number of nitrogens with one attached hydrogen (secondary N) is 2. The minimum atomic E-state index is -0.142. The molecule has 0 aromatic carbocycles. The van der Waals surface area contributed by atoms with E-state index in [4.69, 9.17) is 4.42 Å². The zero-order valence-electron chi connectivity index (χ0n) is 12.3. The molecule has 0 aliphatic carbocycles. The van der Waals surface area contributed by atoms with Gasteiger partial charge in [-0.25, -0.2) is 0 Å². The normalized spacial score (nSPS) is 23.1. The summed E-state index contributed by atoms with van der Waals surface area (Å²) in [5.74, 6) is 0.531. The summed E-state index contributed by atoms with van der Waals surface area (Å²) in [6.07, 6.45) is 3.70. The summed E-state index contributed by atoms with van der Waals surface area (Å²) in [5, 5.41) is 9.98. The highest BCUT2D eigenvalue weighted by Gasteiger charge is 2.27. The molecule has 21 heavy (non-hydrogen) atoms. The van der Waals surface area contributed by atoms with E-state index >= 15 is 0 Å². The van der Waals surface area contributed by atoms with Gasteiger partial charge in [-0.1, -0.05) is 0 Å². The summed E-state index contributed by atoms with van der Waals surface area (Å²) in [5.41, 5.74) is 1.10. The Morgan fingerprint density at radius 3 is 3.19 bits per heavy atom. The van der Waals surface area contributed by atoms with Gasteiger partial charge in [-0.3, -0.25) is 9.89 Å². The van der Waals surface area contributed by atoms with Crippen molar-refractivity contribution in [3.8, 4) is 11.5 Å². The Morgan fingerprint density at radius 1 is 1.57 bits per heavy atom. The van der Waals surface area contributed by atoms with Crippen molar-refractivity contribution in [3.05, 3.63) is 30.2 Å². The van der Waals surface area contributed by atoms with Gasteiger partial charge >= 0.3 is 0 Å². The maximum Gasteiger partial charge on any atom is 0.272 e. The molecule has 1 aliphatic rings. The molecule has 1 aliphatic heterocycles. The number of aromatic amines is 1. The topological polar surface area (TPSA) is 74.2 Å². The lowest BCUT2D eigenvalue weighted by atomic mass is 9.98. The van der Waals surface area contributed by atoms with Crippen LogP contribution in [0.5, 0.6) is 0 Å². The van der Waals surface area contributed by atoms with Gasteiger partial charge in [-0.05, 0) is 45.5 Å². The molecule has 2 atom stereocenters. The first-order valence-corrected chi connectivity index (χ1v) is 7.25. The number of rotatable bonds is 3. The molecule has 2 N–H and O–H groups in total. The van der Waals surface area contributed by atoms with Crippen molar-refractivity contribution in [1.29, 1.82) is 0 Å². The number of amides is 1. The number of hydrogen-bond donors (Lipinski definition) is 2. The standard InChI is InChI=1S/C15H20N4O2/c1-10-11(5-3-7-19(10)2)16-15(20)13-9-12(17-18-13)14-6-4-8-21-14/h4,6,8-11H,3,5,7H2,1-2H3,(H,16,20)(H,17,18)/t10-,11-/m0/s1. The maximum absolute atomic E-state index is 12.3. The van der Waals surface area contributed by atoms with Gasteiger partial charge in [-0.15, -0.1) is 0 Å². The molecule has 0 bridgehead atoms. The third-order valence-corrected chi connectivity index (χ3v) is 4.22. The van der Waals surface area contributed by atoms with Crippen LogP contribution in [0.15, 0.2) is 28.9 Å².